The molecule has 6 heteroatoms. The van der Waals surface area contributed by atoms with E-state index in [1.54, 1.807) is 27.7 Å². The van der Waals surface area contributed by atoms with Gasteiger partial charge in [0.1, 0.15) is 6.04 Å². The molecule has 5 N–H and O–H groups in total. The molecular formula is C13H27N3O3. The number of carbonyl (C=O) groups is 2. The van der Waals surface area contributed by atoms with E-state index < -0.39 is 23.2 Å². The van der Waals surface area contributed by atoms with Gasteiger partial charge in [-0.2, -0.15) is 0 Å². The fraction of sp³-hybridized carbons (Fsp3) is 0.846. The summed E-state index contributed by atoms with van der Waals surface area (Å²) < 4.78 is 0. The van der Waals surface area contributed by atoms with Crippen molar-refractivity contribution in [1.82, 2.24) is 10.6 Å². The quantitative estimate of drug-likeness (QED) is 0.573. The predicted octanol–water partition coefficient (Wildman–Crippen LogP) is 0.735. The molecule has 0 saturated heterocycles. The molecule has 112 valence electrons. The van der Waals surface area contributed by atoms with Gasteiger partial charge in [0, 0.05) is 0 Å². The van der Waals surface area contributed by atoms with Crippen LogP contribution in [0, 0.1) is 5.92 Å². The topological polar surface area (TPSA) is 104 Å². The van der Waals surface area contributed by atoms with Crippen LogP contribution >= 0.6 is 0 Å². The monoisotopic (exact) mass is 273 g/mol. The second-order valence-corrected chi connectivity index (χ2v) is 6.05. The summed E-state index contributed by atoms with van der Waals surface area (Å²) in [6, 6.07) is -1.44. The van der Waals surface area contributed by atoms with Gasteiger partial charge in [0.05, 0.1) is 11.1 Å². The Hall–Kier alpha value is -1.30. The van der Waals surface area contributed by atoms with E-state index in [0.29, 0.717) is 0 Å². The van der Waals surface area contributed by atoms with Gasteiger partial charge in [-0.3, -0.25) is 4.79 Å². The summed E-state index contributed by atoms with van der Waals surface area (Å²) in [5.41, 5.74) is 3.18. The van der Waals surface area contributed by atoms with E-state index in [2.05, 4.69) is 10.6 Å². The molecule has 0 radical (unpaired) electrons. The number of hydrogen-bond acceptors (Lipinski definition) is 3. The van der Waals surface area contributed by atoms with Crippen molar-refractivity contribution >= 4 is 11.9 Å². The molecule has 0 fully saturated rings. The van der Waals surface area contributed by atoms with Crippen LogP contribution in [0.5, 0.6) is 0 Å². The molecule has 0 aromatic heterocycles. The van der Waals surface area contributed by atoms with Crippen molar-refractivity contribution in [3.8, 4) is 0 Å². The zero-order chi connectivity index (χ0) is 15.4. The molecule has 0 aromatic carbocycles. The van der Waals surface area contributed by atoms with Crippen LogP contribution in [-0.2, 0) is 4.79 Å². The maximum Gasteiger partial charge on any atom is 0.312 e. The second-order valence-electron chi connectivity index (χ2n) is 6.05. The molecule has 0 aliphatic heterocycles. The van der Waals surface area contributed by atoms with Crippen molar-refractivity contribution in [2.45, 2.75) is 65.1 Å². The Balaban J connectivity index is 4.97. The third kappa shape index (κ3) is 5.06. The average Bonchev–Trinajstić information content (AvgIpc) is 2.22. The van der Waals surface area contributed by atoms with Crippen molar-refractivity contribution in [2.24, 2.45) is 11.7 Å². The van der Waals surface area contributed by atoms with E-state index in [0.717, 1.165) is 6.42 Å². The molecule has 0 heterocycles. The highest BCUT2D eigenvalue weighted by Crippen LogP contribution is 2.21. The van der Waals surface area contributed by atoms with Crippen molar-refractivity contribution in [1.29, 1.82) is 0 Å². The first-order valence-electron chi connectivity index (χ1n) is 6.52. The van der Waals surface area contributed by atoms with Gasteiger partial charge < -0.3 is 21.5 Å². The largest absolute Gasteiger partial charge is 0.388 e. The lowest BCUT2D eigenvalue weighted by atomic mass is 9.85. The maximum atomic E-state index is 12.2. The smallest absolute Gasteiger partial charge is 0.312 e. The van der Waals surface area contributed by atoms with E-state index in [1.165, 1.54) is 0 Å². The summed E-state index contributed by atoms with van der Waals surface area (Å²) in [7, 11) is 0. The lowest BCUT2D eigenvalue weighted by molar-refractivity contribution is -0.129. The third-order valence-corrected chi connectivity index (χ3v) is 3.76. The van der Waals surface area contributed by atoms with Crippen LogP contribution in [0.15, 0.2) is 0 Å². The van der Waals surface area contributed by atoms with E-state index in [1.807, 2.05) is 13.8 Å². The van der Waals surface area contributed by atoms with Gasteiger partial charge >= 0.3 is 6.03 Å². The summed E-state index contributed by atoms with van der Waals surface area (Å²) in [6.07, 6.45) is 0.724. The Kier molecular flexibility index (Phi) is 5.81. The minimum atomic E-state index is -1.09. The van der Waals surface area contributed by atoms with Crippen LogP contribution in [-0.4, -0.2) is 34.2 Å². The minimum absolute atomic E-state index is 0.0508. The van der Waals surface area contributed by atoms with Crippen LogP contribution in [0.4, 0.5) is 4.79 Å². The van der Waals surface area contributed by atoms with E-state index in [9.17, 15) is 14.7 Å². The Morgan fingerprint density at radius 3 is 2.05 bits per heavy atom. The molecule has 0 aliphatic carbocycles. The molecule has 19 heavy (non-hydrogen) atoms. The fourth-order valence-electron chi connectivity index (χ4n) is 1.39. The van der Waals surface area contributed by atoms with Gasteiger partial charge in [-0.15, -0.1) is 0 Å². The third-order valence-electron chi connectivity index (χ3n) is 3.76. The number of urea groups is 1. The molecule has 3 amide bonds. The first-order chi connectivity index (χ1) is 8.42. The summed E-state index contributed by atoms with van der Waals surface area (Å²) in [5, 5.41) is 15.2. The van der Waals surface area contributed by atoms with Gasteiger partial charge in [-0.1, -0.05) is 20.3 Å². The number of nitrogens with two attached hydrogens (primary N) is 1. The summed E-state index contributed by atoms with van der Waals surface area (Å²) in [4.78, 5) is 23.2. The molecular weight excluding hydrogens is 246 g/mol. The summed E-state index contributed by atoms with van der Waals surface area (Å²) in [6.45, 7) is 10.5. The normalized spacial score (nSPS) is 15.5. The van der Waals surface area contributed by atoms with Crippen molar-refractivity contribution in [2.75, 3.05) is 0 Å². The van der Waals surface area contributed by atoms with Crippen LogP contribution in [0.3, 0.4) is 0 Å². The van der Waals surface area contributed by atoms with Gasteiger partial charge in [0.25, 0.3) is 0 Å². The highest BCUT2D eigenvalue weighted by atomic mass is 16.3. The van der Waals surface area contributed by atoms with Gasteiger partial charge in [-0.05, 0) is 33.6 Å². The highest BCUT2D eigenvalue weighted by molar-refractivity contribution is 5.87. The molecule has 0 rings (SSSR count). The first-order valence-corrected chi connectivity index (χ1v) is 6.52. The fourth-order valence-corrected chi connectivity index (χ4v) is 1.39. The number of hydrogen-bond donors (Lipinski definition) is 4. The van der Waals surface area contributed by atoms with E-state index >= 15 is 0 Å². The number of nitrogens with one attached hydrogen (secondary N) is 2. The van der Waals surface area contributed by atoms with Crippen LogP contribution in [0.25, 0.3) is 0 Å². The zero-order valence-electron chi connectivity index (χ0n) is 12.7. The van der Waals surface area contributed by atoms with Crippen molar-refractivity contribution in [3.63, 3.8) is 0 Å². The Labute approximate surface area is 115 Å². The van der Waals surface area contributed by atoms with Crippen LogP contribution < -0.4 is 16.4 Å². The number of primary amides is 1. The highest BCUT2D eigenvalue weighted by Gasteiger charge is 2.38. The molecule has 6 nitrogen and oxygen atoms in total. The van der Waals surface area contributed by atoms with E-state index in [4.69, 9.17) is 5.73 Å². The Bertz CT molecular complexity index is 335. The second kappa shape index (κ2) is 6.23. The van der Waals surface area contributed by atoms with Crippen LogP contribution in [0.1, 0.15) is 48.0 Å². The molecule has 2 atom stereocenters. The first kappa shape index (κ1) is 17.7. The summed E-state index contributed by atoms with van der Waals surface area (Å²) >= 11 is 0. The molecule has 0 aliphatic rings. The van der Waals surface area contributed by atoms with Gasteiger partial charge in [0.2, 0.25) is 5.91 Å². The number of carbonyl (C=O) groups excluding carboxylic acids is 2. The summed E-state index contributed by atoms with van der Waals surface area (Å²) in [5.74, 6) is -0.398. The van der Waals surface area contributed by atoms with Crippen LogP contribution in [0.2, 0.25) is 0 Å². The Morgan fingerprint density at radius 2 is 1.74 bits per heavy atom. The molecule has 0 spiro atoms. The minimum Gasteiger partial charge on any atom is -0.388 e. The standard InChI is InChI=1S/C13H27N3O3/c1-7-8(2)9(15-11(14)18)10(17)16-12(3,4)13(5,6)19/h8-9,19H,7H2,1-6H3,(H,16,17)(H3,14,15,18). The molecule has 0 bridgehead atoms. The van der Waals surface area contributed by atoms with Crippen molar-refractivity contribution < 1.29 is 14.7 Å². The maximum absolute atomic E-state index is 12.2. The van der Waals surface area contributed by atoms with Gasteiger partial charge in [-0.25, -0.2) is 4.79 Å². The molecule has 0 saturated carbocycles. The number of rotatable bonds is 6. The Morgan fingerprint density at radius 1 is 1.26 bits per heavy atom. The zero-order valence-corrected chi connectivity index (χ0v) is 12.7. The lowest BCUT2D eigenvalue weighted by Gasteiger charge is -2.39. The lowest BCUT2D eigenvalue weighted by Crippen LogP contribution is -2.62. The molecule has 2 unspecified atom stereocenters. The number of aliphatic hydroxyl groups is 1. The van der Waals surface area contributed by atoms with E-state index in [-0.39, 0.29) is 11.8 Å². The average molecular weight is 273 g/mol. The SMILES string of the molecule is CCC(C)C(NC(N)=O)C(=O)NC(C)(C)C(C)(C)O. The molecule has 0 aromatic rings. The number of amides is 3. The van der Waals surface area contributed by atoms with Crippen molar-refractivity contribution in [3.05, 3.63) is 0 Å². The predicted molar refractivity (Wildman–Crippen MR) is 74.5 cm³/mol. The van der Waals surface area contributed by atoms with Gasteiger partial charge in [0.15, 0.2) is 0 Å².